The average Bonchev–Trinajstić information content (AvgIpc) is 2.66. The van der Waals surface area contributed by atoms with E-state index in [2.05, 4.69) is 31.4 Å². The normalized spacial score (nSPS) is 16.2. The summed E-state index contributed by atoms with van der Waals surface area (Å²) in [6.45, 7) is 6.32. The highest BCUT2D eigenvalue weighted by Gasteiger charge is 2.23. The molecule has 0 bridgehead atoms. The first-order chi connectivity index (χ1) is 13.2. The number of nitrogens with one attached hydrogen (secondary N) is 2. The van der Waals surface area contributed by atoms with Gasteiger partial charge in [0.2, 0.25) is 5.91 Å². The van der Waals surface area contributed by atoms with Crippen molar-refractivity contribution in [3.8, 4) is 0 Å². The van der Waals surface area contributed by atoms with Crippen LogP contribution in [0.4, 0.5) is 0 Å². The lowest BCUT2D eigenvalue weighted by atomic mass is 9.87. The van der Waals surface area contributed by atoms with E-state index in [4.69, 9.17) is 11.6 Å². The van der Waals surface area contributed by atoms with Crippen LogP contribution in [0.3, 0.4) is 0 Å². The van der Waals surface area contributed by atoms with Gasteiger partial charge in [-0.15, -0.1) is 11.8 Å². The maximum Gasteiger partial charge on any atom is 0.251 e. The van der Waals surface area contributed by atoms with Crippen molar-refractivity contribution in [1.29, 1.82) is 0 Å². The van der Waals surface area contributed by atoms with Gasteiger partial charge in [-0.25, -0.2) is 0 Å². The number of hydrogen-bond donors (Lipinski definition) is 2. The van der Waals surface area contributed by atoms with Crippen LogP contribution in [-0.2, 0) is 10.2 Å². The van der Waals surface area contributed by atoms with Gasteiger partial charge < -0.3 is 10.6 Å². The number of hydrogen-bond acceptors (Lipinski definition) is 3. The zero-order chi connectivity index (χ0) is 20.3. The van der Waals surface area contributed by atoms with E-state index >= 15 is 0 Å². The zero-order valence-corrected chi connectivity index (χ0v) is 17.9. The van der Waals surface area contributed by atoms with Crippen LogP contribution in [0.5, 0.6) is 0 Å². The van der Waals surface area contributed by atoms with E-state index in [-0.39, 0.29) is 29.8 Å². The second kappa shape index (κ2) is 8.58. The number of carbonyl (C=O) groups excluding carboxylic acids is 2. The van der Waals surface area contributed by atoms with E-state index in [0.29, 0.717) is 10.6 Å². The predicted octanol–water partition coefficient (Wildman–Crippen LogP) is 4.72. The predicted molar refractivity (Wildman–Crippen MR) is 115 cm³/mol. The summed E-state index contributed by atoms with van der Waals surface area (Å²) in [6.07, 6.45) is 0.839. The molecule has 1 heterocycles. The van der Waals surface area contributed by atoms with Gasteiger partial charge >= 0.3 is 0 Å². The van der Waals surface area contributed by atoms with Crippen molar-refractivity contribution >= 4 is 35.2 Å². The van der Waals surface area contributed by atoms with Gasteiger partial charge in [0, 0.05) is 21.2 Å². The Kier molecular flexibility index (Phi) is 6.36. The Labute approximate surface area is 175 Å². The van der Waals surface area contributed by atoms with Crippen LogP contribution in [0.15, 0.2) is 47.4 Å². The number of rotatable bonds is 4. The lowest BCUT2D eigenvalue weighted by Gasteiger charge is -2.26. The number of fused-ring (bicyclic) bond motifs is 1. The van der Waals surface area contributed by atoms with Gasteiger partial charge in [0.1, 0.15) is 0 Å². The quantitative estimate of drug-likeness (QED) is 0.758. The molecule has 1 atom stereocenters. The summed E-state index contributed by atoms with van der Waals surface area (Å²) in [5.74, 6) is 0.479. The molecule has 0 saturated carbocycles. The number of benzene rings is 2. The summed E-state index contributed by atoms with van der Waals surface area (Å²) < 4.78 is 0. The Balaban J connectivity index is 1.56. The van der Waals surface area contributed by atoms with Gasteiger partial charge in [-0.2, -0.15) is 0 Å². The summed E-state index contributed by atoms with van der Waals surface area (Å²) >= 11 is 7.88. The molecule has 0 fully saturated rings. The maximum absolute atomic E-state index is 12.4. The summed E-state index contributed by atoms with van der Waals surface area (Å²) in [5.41, 5.74) is 2.79. The molecule has 148 valence electrons. The standard InChI is InChI=1S/C22H25ClN2O2S/c1-22(2,3)15-6-4-14(5-7-15)21(27)24-13-20(26)25-18-10-11-28-19-9-8-16(23)12-17(18)19/h4-9,12,18H,10-11,13H2,1-3H3,(H,24,27)(H,25,26). The number of halogens is 1. The Morgan fingerprint density at radius 3 is 2.54 bits per heavy atom. The zero-order valence-electron chi connectivity index (χ0n) is 16.3. The summed E-state index contributed by atoms with van der Waals surface area (Å²) in [4.78, 5) is 25.8. The third kappa shape index (κ3) is 5.09. The molecule has 0 spiro atoms. The molecule has 4 nitrogen and oxygen atoms in total. The van der Waals surface area contributed by atoms with Crippen LogP contribution in [-0.4, -0.2) is 24.1 Å². The lowest BCUT2D eigenvalue weighted by molar-refractivity contribution is -0.120. The first kappa shape index (κ1) is 20.7. The molecule has 1 aliphatic heterocycles. The topological polar surface area (TPSA) is 58.2 Å². The van der Waals surface area contributed by atoms with Crippen molar-refractivity contribution in [1.82, 2.24) is 10.6 Å². The third-order valence-corrected chi connectivity index (χ3v) is 6.13. The van der Waals surface area contributed by atoms with E-state index < -0.39 is 0 Å². The molecule has 3 rings (SSSR count). The van der Waals surface area contributed by atoms with Gasteiger partial charge in [0.05, 0.1) is 12.6 Å². The van der Waals surface area contributed by atoms with Crippen LogP contribution in [0.1, 0.15) is 54.7 Å². The molecular weight excluding hydrogens is 392 g/mol. The van der Waals surface area contributed by atoms with Crippen LogP contribution in [0.2, 0.25) is 5.02 Å². The van der Waals surface area contributed by atoms with Gasteiger partial charge in [-0.3, -0.25) is 9.59 Å². The molecule has 0 aliphatic carbocycles. The molecule has 0 aromatic heterocycles. The fraction of sp³-hybridized carbons (Fsp3) is 0.364. The van der Waals surface area contributed by atoms with Crippen molar-refractivity contribution in [2.24, 2.45) is 0 Å². The fourth-order valence-electron chi connectivity index (χ4n) is 3.14. The number of amides is 2. The second-order valence-electron chi connectivity index (χ2n) is 7.95. The first-order valence-electron chi connectivity index (χ1n) is 9.34. The highest BCUT2D eigenvalue weighted by Crippen LogP contribution is 2.37. The smallest absolute Gasteiger partial charge is 0.251 e. The average molecular weight is 417 g/mol. The molecule has 2 aromatic rings. The first-order valence-corrected chi connectivity index (χ1v) is 10.7. The van der Waals surface area contributed by atoms with Gasteiger partial charge in [0.15, 0.2) is 0 Å². The largest absolute Gasteiger partial charge is 0.348 e. The van der Waals surface area contributed by atoms with E-state index in [1.165, 1.54) is 0 Å². The molecule has 2 N–H and O–H groups in total. The van der Waals surface area contributed by atoms with Gasteiger partial charge in [-0.05, 0) is 53.3 Å². The Morgan fingerprint density at radius 2 is 1.86 bits per heavy atom. The van der Waals surface area contributed by atoms with E-state index in [9.17, 15) is 9.59 Å². The minimum Gasteiger partial charge on any atom is -0.348 e. The van der Waals surface area contributed by atoms with Crippen LogP contribution < -0.4 is 10.6 Å². The minimum absolute atomic E-state index is 0.0341. The van der Waals surface area contributed by atoms with Crippen LogP contribution in [0, 0.1) is 0 Å². The molecule has 0 radical (unpaired) electrons. The SMILES string of the molecule is CC(C)(C)c1ccc(C(=O)NCC(=O)NC2CCSc3ccc(Cl)cc32)cc1. The monoisotopic (exact) mass is 416 g/mol. The molecule has 2 aromatic carbocycles. The maximum atomic E-state index is 12.4. The fourth-order valence-corrected chi connectivity index (χ4v) is 4.43. The van der Waals surface area contributed by atoms with Crippen LogP contribution in [0.25, 0.3) is 0 Å². The highest BCUT2D eigenvalue weighted by molar-refractivity contribution is 7.99. The Morgan fingerprint density at radius 1 is 1.14 bits per heavy atom. The van der Waals surface area contributed by atoms with Gasteiger partial charge in [0.25, 0.3) is 5.91 Å². The Bertz CT molecular complexity index is 875. The van der Waals surface area contributed by atoms with Crippen molar-refractivity contribution in [2.45, 2.75) is 43.5 Å². The summed E-state index contributed by atoms with van der Waals surface area (Å²) in [5, 5.41) is 6.37. The summed E-state index contributed by atoms with van der Waals surface area (Å²) in [7, 11) is 0. The third-order valence-electron chi connectivity index (χ3n) is 4.77. The van der Waals surface area contributed by atoms with E-state index in [0.717, 1.165) is 28.2 Å². The molecule has 28 heavy (non-hydrogen) atoms. The highest BCUT2D eigenvalue weighted by atomic mass is 35.5. The molecule has 0 saturated heterocycles. The van der Waals surface area contributed by atoms with Crippen molar-refractivity contribution in [3.05, 3.63) is 64.2 Å². The second-order valence-corrected chi connectivity index (χ2v) is 9.52. The van der Waals surface area contributed by atoms with Crippen molar-refractivity contribution < 1.29 is 9.59 Å². The van der Waals surface area contributed by atoms with Crippen molar-refractivity contribution in [2.75, 3.05) is 12.3 Å². The number of carbonyl (C=O) groups is 2. The van der Waals surface area contributed by atoms with Gasteiger partial charge in [-0.1, -0.05) is 44.5 Å². The minimum atomic E-state index is -0.252. The summed E-state index contributed by atoms with van der Waals surface area (Å²) in [6, 6.07) is 13.2. The lowest BCUT2D eigenvalue weighted by Crippen LogP contribution is -2.39. The molecular formula is C22H25ClN2O2S. The van der Waals surface area contributed by atoms with Crippen LogP contribution >= 0.6 is 23.4 Å². The Hall–Kier alpha value is -1.98. The van der Waals surface area contributed by atoms with E-state index in [1.807, 2.05) is 30.3 Å². The number of thioether (sulfide) groups is 1. The molecule has 1 unspecified atom stereocenters. The molecule has 2 amide bonds. The van der Waals surface area contributed by atoms with E-state index in [1.54, 1.807) is 23.9 Å². The molecule has 1 aliphatic rings. The molecule has 6 heteroatoms. The van der Waals surface area contributed by atoms with Crippen molar-refractivity contribution in [3.63, 3.8) is 0 Å².